The molecule has 1 aromatic carbocycles. The number of likely N-dealkylation sites (tertiary alicyclic amines) is 1. The number of rotatable bonds is 9. The number of carbonyl (C=O) groups excluding carboxylic acids is 4. The number of nitrogens with one attached hydrogen (secondary N) is 3. The molecule has 342 valence electrons. The minimum absolute atomic E-state index is 0.0114. The highest BCUT2D eigenvalue weighted by Crippen LogP contribution is 2.48. The van der Waals surface area contributed by atoms with Gasteiger partial charge >= 0.3 is 6.09 Å². The fraction of sp³-hybridized carbons (Fsp3) is 0.681. The topological polar surface area (TPSA) is 186 Å². The fourth-order valence-corrected chi connectivity index (χ4v) is 11.8. The van der Waals surface area contributed by atoms with Crippen molar-refractivity contribution < 1.29 is 41.8 Å². The molecule has 0 spiro atoms. The van der Waals surface area contributed by atoms with Gasteiger partial charge in [0.2, 0.25) is 27.7 Å². The van der Waals surface area contributed by atoms with Gasteiger partial charge in [-0.3, -0.25) is 19.1 Å². The third-order valence-electron chi connectivity index (χ3n) is 15.1. The molecule has 9 rings (SSSR count). The first-order valence-electron chi connectivity index (χ1n) is 23.5. The summed E-state index contributed by atoms with van der Waals surface area (Å²) in [5.74, 6) is -1.10. The van der Waals surface area contributed by atoms with Crippen LogP contribution in [0.3, 0.4) is 0 Å². The Bertz CT molecular complexity index is 2220. The molecule has 7 aliphatic rings. The van der Waals surface area contributed by atoms with E-state index in [1.54, 1.807) is 13.0 Å². The van der Waals surface area contributed by atoms with Crippen molar-refractivity contribution in [1.29, 1.82) is 0 Å². The van der Waals surface area contributed by atoms with E-state index in [0.29, 0.717) is 30.7 Å². The second-order valence-electron chi connectivity index (χ2n) is 19.8. The minimum atomic E-state index is -4.01. The van der Waals surface area contributed by atoms with Gasteiger partial charge in [-0.2, -0.15) is 0 Å². The smallest absolute Gasteiger partial charge is 0.408 e. The van der Waals surface area contributed by atoms with Crippen LogP contribution in [-0.4, -0.2) is 114 Å². The molecule has 0 radical (unpaired) electrons. The van der Waals surface area contributed by atoms with E-state index in [1.807, 2.05) is 24.3 Å². The largest absolute Gasteiger partial charge is 0.489 e. The molecule has 2 aromatic rings. The predicted octanol–water partition coefficient (Wildman–Crippen LogP) is 5.30. The van der Waals surface area contributed by atoms with Crippen LogP contribution in [0.25, 0.3) is 10.9 Å². The molecule has 3 N–H and O–H groups in total. The average Bonchev–Trinajstić information content (AvgIpc) is 4.23. The lowest BCUT2D eigenvalue weighted by molar-refractivity contribution is -0.142. The number of hydrogen-bond acceptors (Lipinski definition) is 11. The molecule has 4 heterocycles. The van der Waals surface area contributed by atoms with Gasteiger partial charge in [0.05, 0.1) is 22.4 Å². The highest BCUT2D eigenvalue weighted by atomic mass is 32.2. The van der Waals surface area contributed by atoms with Crippen LogP contribution in [0.15, 0.2) is 36.9 Å². The van der Waals surface area contributed by atoms with Gasteiger partial charge in [0.25, 0.3) is 5.91 Å². The molecule has 63 heavy (non-hydrogen) atoms. The summed E-state index contributed by atoms with van der Waals surface area (Å²) in [6.45, 7) is 7.33. The Hall–Kier alpha value is -4.44. The molecule has 1 aromatic heterocycles. The summed E-state index contributed by atoms with van der Waals surface area (Å²) in [7, 11) is -1.88. The molecule has 7 atom stereocenters. The zero-order valence-corrected chi connectivity index (χ0v) is 37.6. The number of piperidine rings is 1. The van der Waals surface area contributed by atoms with Crippen LogP contribution in [-0.2, 0) is 35.6 Å². The first-order valence-corrected chi connectivity index (χ1v) is 25.0. The van der Waals surface area contributed by atoms with Gasteiger partial charge in [-0.25, -0.2) is 18.2 Å². The normalized spacial score (nSPS) is 31.7. The van der Waals surface area contributed by atoms with Crippen LogP contribution in [0.2, 0.25) is 0 Å². The maximum absolute atomic E-state index is 15.1. The van der Waals surface area contributed by atoms with E-state index in [2.05, 4.69) is 33.9 Å². The van der Waals surface area contributed by atoms with E-state index in [4.69, 9.17) is 19.2 Å². The Morgan fingerprint density at radius 2 is 1.68 bits per heavy atom. The second-order valence-corrected chi connectivity index (χ2v) is 22.0. The van der Waals surface area contributed by atoms with Gasteiger partial charge < -0.3 is 34.6 Å². The maximum atomic E-state index is 15.1. The lowest BCUT2D eigenvalue weighted by Crippen LogP contribution is -2.59. The van der Waals surface area contributed by atoms with Crippen molar-refractivity contribution in [2.45, 2.75) is 157 Å². The van der Waals surface area contributed by atoms with Crippen molar-refractivity contribution in [2.75, 3.05) is 26.7 Å². The molecule has 4 amide bonds. The Labute approximate surface area is 370 Å². The zero-order chi connectivity index (χ0) is 44.1. The number of alkyl carbamates (subject to hydrolysis) is 1. The second kappa shape index (κ2) is 17.5. The van der Waals surface area contributed by atoms with Crippen LogP contribution >= 0.6 is 0 Å². The minimum Gasteiger partial charge on any atom is -0.489 e. The number of amides is 4. The van der Waals surface area contributed by atoms with Crippen molar-refractivity contribution in [2.24, 2.45) is 17.8 Å². The van der Waals surface area contributed by atoms with Crippen LogP contribution in [0.5, 0.6) is 11.6 Å². The van der Waals surface area contributed by atoms with E-state index in [9.17, 15) is 22.8 Å². The molecule has 0 unspecified atom stereocenters. The van der Waals surface area contributed by atoms with Crippen molar-refractivity contribution in [3.63, 3.8) is 0 Å². The average molecular weight is 889 g/mol. The van der Waals surface area contributed by atoms with Gasteiger partial charge in [0, 0.05) is 30.8 Å². The van der Waals surface area contributed by atoms with Crippen LogP contribution in [0.4, 0.5) is 4.79 Å². The quantitative estimate of drug-likeness (QED) is 0.278. The molecule has 2 bridgehead atoms. The highest BCUT2D eigenvalue weighted by molar-refractivity contribution is 7.91. The van der Waals surface area contributed by atoms with Crippen molar-refractivity contribution in [3.8, 4) is 11.6 Å². The number of pyridine rings is 1. The highest BCUT2D eigenvalue weighted by Gasteiger charge is 2.63. The monoisotopic (exact) mass is 888 g/mol. The Morgan fingerprint density at radius 1 is 0.968 bits per heavy atom. The first-order chi connectivity index (χ1) is 30.3. The van der Waals surface area contributed by atoms with Gasteiger partial charge in [0.1, 0.15) is 41.7 Å². The summed E-state index contributed by atoms with van der Waals surface area (Å²) in [5.41, 5.74) is 0.0247. The number of sulfonamides is 1. The van der Waals surface area contributed by atoms with Gasteiger partial charge in [-0.05, 0) is 109 Å². The van der Waals surface area contributed by atoms with E-state index >= 15 is 4.79 Å². The van der Waals surface area contributed by atoms with Crippen LogP contribution in [0, 0.1) is 17.8 Å². The van der Waals surface area contributed by atoms with E-state index in [-0.39, 0.29) is 43.4 Å². The SMILES string of the molecule is C=C[C@@H]1C[C@]1(NC(=O)[C@@H]1C[C@@H]2CN1C(=O)[C@H](C1CCCCC1)NC(=O)O[C@@H]1C[C@H]1CCCCCc1c(nc3ccccc3c1OC1CCN(C)CC1)O2)C(=O)NS(=O)(=O)C1(C)CC1. The first kappa shape index (κ1) is 43.8. The van der Waals surface area contributed by atoms with Gasteiger partial charge in [-0.1, -0.05) is 50.3 Å². The summed E-state index contributed by atoms with van der Waals surface area (Å²) in [6.07, 6.45) is 12.4. The zero-order valence-electron chi connectivity index (χ0n) is 36.8. The number of carbonyl (C=O) groups is 4. The summed E-state index contributed by atoms with van der Waals surface area (Å²) in [5, 5.41) is 6.79. The summed E-state index contributed by atoms with van der Waals surface area (Å²) >= 11 is 0. The maximum Gasteiger partial charge on any atom is 0.408 e. The summed E-state index contributed by atoms with van der Waals surface area (Å²) in [4.78, 5) is 66.2. The van der Waals surface area contributed by atoms with E-state index in [0.717, 1.165) is 107 Å². The third kappa shape index (κ3) is 9.12. The van der Waals surface area contributed by atoms with Crippen LogP contribution in [0.1, 0.15) is 115 Å². The predicted molar refractivity (Wildman–Crippen MR) is 235 cm³/mol. The summed E-state index contributed by atoms with van der Waals surface area (Å²) < 4.78 is 47.5. The molecule has 4 aliphatic carbocycles. The lowest BCUT2D eigenvalue weighted by Gasteiger charge is -2.34. The molecule has 15 nitrogen and oxygen atoms in total. The number of aromatic nitrogens is 1. The van der Waals surface area contributed by atoms with Crippen LogP contribution < -0.4 is 24.8 Å². The molecule has 4 saturated carbocycles. The molecule has 6 fully saturated rings. The van der Waals surface area contributed by atoms with Gasteiger partial charge in [-0.15, -0.1) is 6.58 Å². The molecule has 16 heteroatoms. The number of benzene rings is 1. The molecular weight excluding hydrogens is 825 g/mol. The van der Waals surface area contributed by atoms with Crippen molar-refractivity contribution in [1.82, 2.24) is 30.1 Å². The number of hydrogen-bond donors (Lipinski definition) is 3. The van der Waals surface area contributed by atoms with E-state index in [1.165, 1.54) is 4.90 Å². The van der Waals surface area contributed by atoms with E-state index < -0.39 is 68.2 Å². The van der Waals surface area contributed by atoms with Gasteiger partial charge in [0.15, 0.2) is 0 Å². The number of para-hydroxylation sites is 1. The Morgan fingerprint density at radius 3 is 2.40 bits per heavy atom. The molecular formula is C47H64N6O9S. The van der Waals surface area contributed by atoms with Crippen molar-refractivity contribution >= 4 is 44.7 Å². The third-order valence-corrected chi connectivity index (χ3v) is 17.3. The molecule has 3 aliphatic heterocycles. The van der Waals surface area contributed by atoms with Crippen molar-refractivity contribution in [3.05, 3.63) is 42.5 Å². The molecule has 2 saturated heterocycles. The Balaban J connectivity index is 1.07. The number of nitrogens with zero attached hydrogens (tertiary/aromatic N) is 3. The number of ether oxygens (including phenoxy) is 3. The fourth-order valence-electron chi connectivity index (χ4n) is 10.5. The Kier molecular flexibility index (Phi) is 12.2. The standard InChI is InChI=1S/C47H64N6O9S/c1-4-31-27-47(31,44(56)51-63(58,59)46(2)21-22-46)50-41(54)37-26-33-28-53(37)43(55)39(29-13-7-5-8-14-29)49-45(57)62-38-25-30(38)15-9-6-10-17-35-40(60-32-19-23-52(3)24-20-32)34-16-11-12-18-36(34)48-42(35)61-33/h4,11-12,16,18,29-33,37-39H,1,5-10,13-15,17,19-28H2,2-3H3,(H,49,57)(H,50,54)(H,51,56)/t30-,31-,33-,37+,38-,39+,47-/m1/s1. The summed E-state index contributed by atoms with van der Waals surface area (Å²) in [6, 6.07) is 5.84. The lowest BCUT2D eigenvalue weighted by atomic mass is 9.83. The number of fused-ring (bicyclic) bond motifs is 5.